The van der Waals surface area contributed by atoms with Crippen molar-refractivity contribution in [2.24, 2.45) is 0 Å². The summed E-state index contributed by atoms with van der Waals surface area (Å²) >= 11 is 0. The third-order valence-corrected chi connectivity index (χ3v) is 14.0. The van der Waals surface area contributed by atoms with Gasteiger partial charge in [-0.1, -0.05) is 121 Å². The zero-order valence-corrected chi connectivity index (χ0v) is 35.0. The molecule has 0 radical (unpaired) electrons. The minimum absolute atomic E-state index is 0.0640. The number of hydrogen-bond donors (Lipinski definition) is 0. The molecule has 0 bridgehead atoms. The van der Waals surface area contributed by atoms with E-state index in [1.807, 2.05) is 0 Å². The predicted octanol–water partition coefficient (Wildman–Crippen LogP) is 15.1. The van der Waals surface area contributed by atoms with Crippen molar-refractivity contribution in [1.82, 2.24) is 13.7 Å². The topological polar surface area (TPSA) is 24.0 Å². The monoisotopic (exact) mass is 819 g/mol. The number of rotatable bonds is 5. The van der Waals surface area contributed by atoms with Crippen molar-refractivity contribution in [3.63, 3.8) is 0 Å². The maximum absolute atomic E-state index is 6.33. The Balaban J connectivity index is 0.910. The number of aromatic nitrogens is 3. The molecular formula is C60H41N3O. The van der Waals surface area contributed by atoms with Crippen molar-refractivity contribution >= 4 is 60.6 Å². The molecule has 3 aliphatic rings. The third-order valence-electron chi connectivity index (χ3n) is 14.0. The Morgan fingerprint density at radius 1 is 0.422 bits per heavy atom. The first-order valence-electron chi connectivity index (χ1n) is 22.5. The summed E-state index contributed by atoms with van der Waals surface area (Å²) in [6.45, 7) is 0. The highest BCUT2D eigenvalue weighted by Gasteiger charge is 2.32. The van der Waals surface area contributed by atoms with Crippen molar-refractivity contribution in [1.29, 1.82) is 0 Å². The first kappa shape index (κ1) is 35.5. The number of nitrogens with zero attached hydrogens (tertiary/aromatic N) is 3. The molecule has 64 heavy (non-hydrogen) atoms. The van der Waals surface area contributed by atoms with Crippen molar-refractivity contribution in [3.8, 4) is 45.1 Å². The minimum atomic E-state index is 0.0640. The average molecular weight is 820 g/mol. The summed E-state index contributed by atoms with van der Waals surface area (Å²) in [7, 11) is 0. The molecule has 3 aromatic heterocycles. The van der Waals surface area contributed by atoms with Gasteiger partial charge in [-0.15, -0.1) is 0 Å². The van der Waals surface area contributed by atoms with Gasteiger partial charge in [0.15, 0.2) is 0 Å². The van der Waals surface area contributed by atoms with Gasteiger partial charge in [-0.2, -0.15) is 0 Å². The number of ether oxygens (including phenoxy) is 1. The van der Waals surface area contributed by atoms with E-state index in [0.717, 1.165) is 30.0 Å². The Morgan fingerprint density at radius 2 is 1.00 bits per heavy atom. The van der Waals surface area contributed by atoms with Crippen LogP contribution in [0.1, 0.15) is 29.2 Å². The molecule has 2 atom stereocenters. The normalized spacial score (nSPS) is 16.2. The second kappa shape index (κ2) is 13.7. The number of fused-ring (bicyclic) bond motifs is 12. The molecule has 1 aliphatic heterocycles. The second-order valence-electron chi connectivity index (χ2n) is 17.5. The third kappa shape index (κ3) is 5.23. The lowest BCUT2D eigenvalue weighted by Gasteiger charge is -2.14. The summed E-state index contributed by atoms with van der Waals surface area (Å²) in [4.78, 5) is 0. The van der Waals surface area contributed by atoms with Crippen molar-refractivity contribution in [2.45, 2.75) is 24.9 Å². The van der Waals surface area contributed by atoms with Gasteiger partial charge in [-0.3, -0.25) is 0 Å². The van der Waals surface area contributed by atoms with E-state index in [1.165, 1.54) is 99.3 Å². The van der Waals surface area contributed by atoms with E-state index < -0.39 is 0 Å². The van der Waals surface area contributed by atoms with E-state index in [2.05, 4.69) is 226 Å². The van der Waals surface area contributed by atoms with Crippen LogP contribution in [-0.2, 0) is 6.42 Å². The fourth-order valence-electron chi connectivity index (χ4n) is 11.1. The number of benzene rings is 8. The van der Waals surface area contributed by atoms with Crippen LogP contribution in [0.15, 0.2) is 206 Å². The summed E-state index contributed by atoms with van der Waals surface area (Å²) in [5, 5.41) is 6.27. The van der Waals surface area contributed by atoms with Crippen LogP contribution in [0.4, 0.5) is 0 Å². The molecule has 14 rings (SSSR count). The number of allylic oxidation sites excluding steroid dienone is 3. The van der Waals surface area contributed by atoms with E-state index in [1.54, 1.807) is 0 Å². The SMILES string of the molecule is C1=CC2Oc3ccc(-n4c5ccccc5c5cc(-c6ccc7c(c6)c6ccc(-c8ccc9c%10c(n(-c%11ccccc%11)c9c8)CCC=C%10)cc6n7-c6ccccc6)ccc54)cc3C2C=C1. The Bertz CT molecular complexity index is 3820. The Kier molecular flexibility index (Phi) is 7.61. The van der Waals surface area contributed by atoms with Crippen molar-refractivity contribution in [3.05, 3.63) is 223 Å². The summed E-state index contributed by atoms with van der Waals surface area (Å²) in [6.07, 6.45) is 15.5. The molecule has 4 heteroatoms. The maximum atomic E-state index is 6.33. The van der Waals surface area contributed by atoms with Crippen LogP contribution < -0.4 is 4.74 Å². The van der Waals surface area contributed by atoms with Crippen LogP contribution in [0.25, 0.3) is 99.9 Å². The highest BCUT2D eigenvalue weighted by molar-refractivity contribution is 6.13. The Hall–Kier alpha value is -8.08. The van der Waals surface area contributed by atoms with Gasteiger partial charge < -0.3 is 18.4 Å². The Labute approximate surface area is 370 Å². The molecule has 11 aromatic rings. The molecular weight excluding hydrogens is 779 g/mol. The Morgan fingerprint density at radius 3 is 1.75 bits per heavy atom. The fourth-order valence-corrected chi connectivity index (χ4v) is 11.1. The molecule has 0 fully saturated rings. The molecule has 8 aromatic carbocycles. The van der Waals surface area contributed by atoms with Gasteiger partial charge in [0.25, 0.3) is 0 Å². The minimum Gasteiger partial charge on any atom is -0.485 e. The van der Waals surface area contributed by atoms with Gasteiger partial charge in [0.1, 0.15) is 11.9 Å². The van der Waals surface area contributed by atoms with E-state index in [0.29, 0.717) is 0 Å². The van der Waals surface area contributed by atoms with Crippen molar-refractivity contribution < 1.29 is 4.74 Å². The first-order valence-corrected chi connectivity index (χ1v) is 22.5. The summed E-state index contributed by atoms with van der Waals surface area (Å²) in [6, 6.07) is 65.2. The van der Waals surface area contributed by atoms with Crippen LogP contribution in [0.2, 0.25) is 0 Å². The lowest BCUT2D eigenvalue weighted by molar-refractivity contribution is 0.269. The van der Waals surface area contributed by atoms with E-state index >= 15 is 0 Å². The van der Waals surface area contributed by atoms with Crippen LogP contribution in [0.3, 0.4) is 0 Å². The highest BCUT2D eigenvalue weighted by atomic mass is 16.5. The zero-order chi connectivity index (χ0) is 41.9. The standard InChI is InChI=1S/C60H41N3O/c1-3-13-42(14-4-1)61-53-20-10-7-17-45(53)47-28-23-40(35-57(47)61)41-24-29-48-51-34-39(25-30-55(51)62(58(48)36-41)43-15-5-2-6-16-43)38-26-31-56-50(33-38)46-18-8-11-21-54(46)63(56)44-27-32-60-52(37-44)49-19-9-12-22-59(49)64-60/h1-9,11-19,21-37,49,59H,10,20H2. The molecule has 2 aliphatic carbocycles. The second-order valence-corrected chi connectivity index (χ2v) is 17.5. The van der Waals surface area contributed by atoms with E-state index in [9.17, 15) is 0 Å². The quantitative estimate of drug-likeness (QED) is 0.170. The first-order chi connectivity index (χ1) is 31.7. The molecule has 0 N–H and O–H groups in total. The van der Waals surface area contributed by atoms with Gasteiger partial charge in [0.2, 0.25) is 0 Å². The zero-order valence-electron chi connectivity index (χ0n) is 35.0. The molecule has 0 saturated carbocycles. The molecule has 0 amide bonds. The van der Waals surface area contributed by atoms with Gasteiger partial charge in [0.05, 0.1) is 27.6 Å². The van der Waals surface area contributed by atoms with Gasteiger partial charge in [0, 0.05) is 66.7 Å². The van der Waals surface area contributed by atoms with Crippen LogP contribution in [0.5, 0.6) is 5.75 Å². The molecule has 0 saturated heterocycles. The summed E-state index contributed by atoms with van der Waals surface area (Å²) < 4.78 is 13.7. The number of hydrogen-bond acceptors (Lipinski definition) is 1. The molecule has 0 spiro atoms. The predicted molar refractivity (Wildman–Crippen MR) is 266 cm³/mol. The maximum Gasteiger partial charge on any atom is 0.128 e. The molecule has 4 nitrogen and oxygen atoms in total. The lowest BCUT2D eigenvalue weighted by atomic mass is 9.92. The smallest absolute Gasteiger partial charge is 0.128 e. The van der Waals surface area contributed by atoms with Crippen LogP contribution in [-0.4, -0.2) is 19.8 Å². The summed E-state index contributed by atoms with van der Waals surface area (Å²) in [5.41, 5.74) is 18.4. The number of para-hydroxylation sites is 3. The molecule has 302 valence electrons. The van der Waals surface area contributed by atoms with Crippen LogP contribution in [0, 0.1) is 0 Å². The van der Waals surface area contributed by atoms with E-state index in [4.69, 9.17) is 4.74 Å². The van der Waals surface area contributed by atoms with E-state index in [-0.39, 0.29) is 12.0 Å². The lowest BCUT2D eigenvalue weighted by Crippen LogP contribution is -2.15. The van der Waals surface area contributed by atoms with Gasteiger partial charge in [-0.05, 0) is 126 Å². The van der Waals surface area contributed by atoms with Crippen LogP contribution >= 0.6 is 0 Å². The summed E-state index contributed by atoms with van der Waals surface area (Å²) in [5.74, 6) is 1.21. The fraction of sp³-hybridized carbons (Fsp3) is 0.0667. The van der Waals surface area contributed by atoms with Crippen molar-refractivity contribution in [2.75, 3.05) is 0 Å². The molecule has 2 unspecified atom stereocenters. The average Bonchev–Trinajstić information content (AvgIpc) is 4.10. The van der Waals surface area contributed by atoms with Gasteiger partial charge in [-0.25, -0.2) is 0 Å². The highest BCUT2D eigenvalue weighted by Crippen LogP contribution is 2.45. The van der Waals surface area contributed by atoms with Gasteiger partial charge >= 0.3 is 0 Å². The molecule has 4 heterocycles. The largest absolute Gasteiger partial charge is 0.485 e.